The Labute approximate surface area is 195 Å². The first-order chi connectivity index (χ1) is 16.0. The topological polar surface area (TPSA) is 84.5 Å². The second-order valence-electron chi connectivity index (χ2n) is 7.53. The lowest BCUT2D eigenvalue weighted by Crippen LogP contribution is -2.32. The number of aryl methyl sites for hydroxylation is 1. The predicted molar refractivity (Wildman–Crippen MR) is 123 cm³/mol. The Hall–Kier alpha value is -3.53. The molecule has 34 heavy (non-hydrogen) atoms. The highest BCUT2D eigenvalue weighted by Crippen LogP contribution is 2.31. The summed E-state index contributed by atoms with van der Waals surface area (Å²) in [6, 6.07) is 16.4. The molecule has 6 nitrogen and oxygen atoms in total. The second-order valence-corrected chi connectivity index (χ2v) is 9.21. The molecule has 1 amide bonds. The fraction of sp³-hybridized carbons (Fsp3) is 0.208. The fourth-order valence-electron chi connectivity index (χ4n) is 3.02. The molecule has 3 rings (SSSR count). The molecule has 0 aromatic heterocycles. The van der Waals surface area contributed by atoms with Crippen molar-refractivity contribution < 1.29 is 31.1 Å². The van der Waals surface area contributed by atoms with Crippen LogP contribution in [-0.2, 0) is 21.0 Å². The number of rotatable bonds is 8. The number of alkyl halides is 3. The van der Waals surface area contributed by atoms with Gasteiger partial charge in [0.05, 0.1) is 10.5 Å². The van der Waals surface area contributed by atoms with Crippen LogP contribution in [0.4, 0.5) is 24.5 Å². The van der Waals surface area contributed by atoms with E-state index in [1.165, 1.54) is 30.3 Å². The van der Waals surface area contributed by atoms with E-state index in [9.17, 15) is 26.4 Å². The molecule has 3 aromatic rings. The van der Waals surface area contributed by atoms with E-state index in [4.69, 9.17) is 4.74 Å². The number of carbonyl (C=O) groups excluding carboxylic acids is 1. The van der Waals surface area contributed by atoms with Crippen molar-refractivity contribution in [3.63, 3.8) is 0 Å². The standard InChI is InChI=1S/C24H23F3N2O4S/c1-3-22(33-20-11-7-16(2)8-12-20)23(30)28-18-9-13-21(14-10-18)34(31,32)29-19-6-4-5-17(15-19)24(25,26)27/h4-15,22,29H,3H2,1-2H3,(H,28,30)/t22-/m0/s1. The first-order valence-electron chi connectivity index (χ1n) is 10.3. The van der Waals surface area contributed by atoms with Gasteiger partial charge < -0.3 is 10.1 Å². The SMILES string of the molecule is CC[C@H](Oc1ccc(C)cc1)C(=O)Nc1ccc(S(=O)(=O)Nc2cccc(C(F)(F)F)c2)cc1. The Bertz CT molecular complexity index is 1240. The zero-order chi connectivity index (χ0) is 24.9. The van der Waals surface area contributed by atoms with Crippen molar-refractivity contribution in [1.82, 2.24) is 0 Å². The van der Waals surface area contributed by atoms with Crippen LogP contribution < -0.4 is 14.8 Å². The summed E-state index contributed by atoms with van der Waals surface area (Å²) in [6.45, 7) is 3.74. The van der Waals surface area contributed by atoms with Gasteiger partial charge >= 0.3 is 6.18 Å². The number of nitrogens with one attached hydrogen (secondary N) is 2. The minimum atomic E-state index is -4.60. The Kier molecular flexibility index (Phi) is 7.51. The molecule has 0 spiro atoms. The number of benzene rings is 3. The molecule has 180 valence electrons. The highest BCUT2D eigenvalue weighted by molar-refractivity contribution is 7.92. The van der Waals surface area contributed by atoms with Crippen molar-refractivity contribution in [3.8, 4) is 5.75 Å². The predicted octanol–water partition coefficient (Wildman–Crippen LogP) is 5.61. The van der Waals surface area contributed by atoms with Crippen LogP contribution in [0.25, 0.3) is 0 Å². The molecule has 0 bridgehead atoms. The summed E-state index contributed by atoms with van der Waals surface area (Å²) in [5, 5.41) is 2.67. The number of ether oxygens (including phenoxy) is 1. The lowest BCUT2D eigenvalue weighted by molar-refractivity contribution is -0.137. The number of amides is 1. The zero-order valence-electron chi connectivity index (χ0n) is 18.4. The van der Waals surface area contributed by atoms with E-state index in [2.05, 4.69) is 10.0 Å². The lowest BCUT2D eigenvalue weighted by atomic mass is 10.2. The summed E-state index contributed by atoms with van der Waals surface area (Å²) in [4.78, 5) is 12.4. The van der Waals surface area contributed by atoms with Crippen LogP contribution in [0.3, 0.4) is 0 Å². The Balaban J connectivity index is 1.67. The van der Waals surface area contributed by atoms with Crippen molar-refractivity contribution in [3.05, 3.63) is 83.9 Å². The van der Waals surface area contributed by atoms with E-state index in [0.29, 0.717) is 23.9 Å². The number of sulfonamides is 1. The molecule has 0 unspecified atom stereocenters. The average Bonchev–Trinajstić information content (AvgIpc) is 2.78. The van der Waals surface area contributed by atoms with Gasteiger partial charge in [-0.05, 0) is 67.9 Å². The third-order valence-electron chi connectivity index (χ3n) is 4.84. The fourth-order valence-corrected chi connectivity index (χ4v) is 4.07. The van der Waals surface area contributed by atoms with Gasteiger partial charge in [0.1, 0.15) is 5.75 Å². The van der Waals surface area contributed by atoms with Crippen LogP contribution in [-0.4, -0.2) is 20.4 Å². The first-order valence-corrected chi connectivity index (χ1v) is 11.8. The number of hydrogen-bond acceptors (Lipinski definition) is 4. The molecule has 0 saturated carbocycles. The van der Waals surface area contributed by atoms with Gasteiger partial charge in [-0.2, -0.15) is 13.2 Å². The lowest BCUT2D eigenvalue weighted by Gasteiger charge is -2.17. The Morgan fingerprint density at radius 1 is 0.971 bits per heavy atom. The van der Waals surface area contributed by atoms with Crippen LogP contribution in [0.5, 0.6) is 5.75 Å². The quantitative estimate of drug-likeness (QED) is 0.428. The second kappa shape index (κ2) is 10.2. The van der Waals surface area contributed by atoms with Gasteiger partial charge in [0, 0.05) is 11.4 Å². The summed E-state index contributed by atoms with van der Waals surface area (Å²) in [5.41, 5.74) is 0.215. The molecule has 0 heterocycles. The van der Waals surface area contributed by atoms with Gasteiger partial charge in [-0.1, -0.05) is 30.7 Å². The molecule has 2 N–H and O–H groups in total. The summed E-state index contributed by atoms with van der Waals surface area (Å²) >= 11 is 0. The van der Waals surface area contributed by atoms with Crippen LogP contribution >= 0.6 is 0 Å². The molecule has 0 saturated heterocycles. The maximum absolute atomic E-state index is 12.9. The van der Waals surface area contributed by atoms with Gasteiger partial charge in [0.25, 0.3) is 15.9 Å². The highest BCUT2D eigenvalue weighted by Gasteiger charge is 2.30. The third kappa shape index (κ3) is 6.50. The zero-order valence-corrected chi connectivity index (χ0v) is 19.2. The van der Waals surface area contributed by atoms with E-state index >= 15 is 0 Å². The summed E-state index contributed by atoms with van der Waals surface area (Å²) in [7, 11) is -4.14. The van der Waals surface area contributed by atoms with Crippen molar-refractivity contribution in [2.45, 2.75) is 37.4 Å². The van der Waals surface area contributed by atoms with Crippen LogP contribution in [0.15, 0.2) is 77.7 Å². The largest absolute Gasteiger partial charge is 0.481 e. The number of hydrogen-bond donors (Lipinski definition) is 2. The third-order valence-corrected chi connectivity index (χ3v) is 6.23. The van der Waals surface area contributed by atoms with Gasteiger partial charge in [0.2, 0.25) is 0 Å². The normalized spacial score (nSPS) is 12.6. The van der Waals surface area contributed by atoms with Crippen LogP contribution in [0.1, 0.15) is 24.5 Å². The molecular formula is C24H23F3N2O4S. The van der Waals surface area contributed by atoms with Crippen molar-refractivity contribution in [2.75, 3.05) is 10.0 Å². The first kappa shape index (κ1) is 25.1. The van der Waals surface area contributed by atoms with Gasteiger partial charge in [-0.15, -0.1) is 0 Å². The molecular weight excluding hydrogens is 469 g/mol. The summed E-state index contributed by atoms with van der Waals surface area (Å²) < 4.78 is 71.6. The van der Waals surface area contributed by atoms with E-state index in [1.807, 2.05) is 19.1 Å². The van der Waals surface area contributed by atoms with E-state index in [1.54, 1.807) is 19.1 Å². The highest BCUT2D eigenvalue weighted by atomic mass is 32.2. The smallest absolute Gasteiger partial charge is 0.416 e. The minimum Gasteiger partial charge on any atom is -0.481 e. The Morgan fingerprint density at radius 2 is 1.62 bits per heavy atom. The number of halogens is 3. The maximum Gasteiger partial charge on any atom is 0.416 e. The van der Waals surface area contributed by atoms with Crippen molar-refractivity contribution >= 4 is 27.3 Å². The van der Waals surface area contributed by atoms with Gasteiger partial charge in [-0.3, -0.25) is 9.52 Å². The van der Waals surface area contributed by atoms with Crippen molar-refractivity contribution in [2.24, 2.45) is 0 Å². The number of anilines is 2. The molecule has 0 aliphatic carbocycles. The number of carbonyl (C=O) groups is 1. The molecule has 3 aromatic carbocycles. The monoisotopic (exact) mass is 492 g/mol. The molecule has 0 fully saturated rings. The van der Waals surface area contributed by atoms with Crippen LogP contribution in [0.2, 0.25) is 0 Å². The van der Waals surface area contributed by atoms with E-state index in [-0.39, 0.29) is 10.6 Å². The average molecular weight is 493 g/mol. The molecule has 1 atom stereocenters. The molecule has 0 aliphatic heterocycles. The van der Waals surface area contributed by atoms with E-state index in [0.717, 1.165) is 17.7 Å². The minimum absolute atomic E-state index is 0.175. The molecule has 0 aliphatic rings. The van der Waals surface area contributed by atoms with E-state index < -0.39 is 33.8 Å². The maximum atomic E-state index is 12.9. The van der Waals surface area contributed by atoms with Crippen molar-refractivity contribution in [1.29, 1.82) is 0 Å². The molecule has 10 heteroatoms. The molecule has 0 radical (unpaired) electrons. The summed E-state index contributed by atoms with van der Waals surface area (Å²) in [6.07, 6.45) is -4.94. The van der Waals surface area contributed by atoms with Gasteiger partial charge in [-0.25, -0.2) is 8.42 Å². The van der Waals surface area contributed by atoms with Crippen LogP contribution in [0, 0.1) is 6.92 Å². The Morgan fingerprint density at radius 3 is 2.21 bits per heavy atom. The summed E-state index contributed by atoms with van der Waals surface area (Å²) in [5.74, 6) is 0.149. The van der Waals surface area contributed by atoms with Gasteiger partial charge in [0.15, 0.2) is 6.10 Å².